The third-order valence-corrected chi connectivity index (χ3v) is 7.64. The van der Waals surface area contributed by atoms with Crippen LogP contribution in [0.15, 0.2) is 60.3 Å². The zero-order valence-electron chi connectivity index (χ0n) is 19.5. The number of nitrogens with zero attached hydrogens (tertiary/aromatic N) is 3. The second-order valence-corrected chi connectivity index (χ2v) is 9.97. The van der Waals surface area contributed by atoms with Crippen LogP contribution in [0.25, 0.3) is 17.0 Å². The van der Waals surface area contributed by atoms with Crippen molar-refractivity contribution >= 4 is 39.2 Å². The highest BCUT2D eigenvalue weighted by Crippen LogP contribution is 2.38. The molecule has 0 radical (unpaired) electrons. The van der Waals surface area contributed by atoms with Gasteiger partial charge in [-0.1, -0.05) is 48.0 Å². The number of aryl methyl sites for hydroxylation is 2. The highest BCUT2D eigenvalue weighted by Gasteiger charge is 2.23. The highest BCUT2D eigenvalue weighted by molar-refractivity contribution is 7.16. The van der Waals surface area contributed by atoms with E-state index in [1.165, 1.54) is 27.3 Å². The van der Waals surface area contributed by atoms with Gasteiger partial charge in [0, 0.05) is 34.1 Å². The number of carbonyl (C=O) groups is 1. The Hall–Kier alpha value is -4.13. The Morgan fingerprint density at radius 1 is 1.14 bits per heavy atom. The second kappa shape index (κ2) is 9.62. The third kappa shape index (κ3) is 4.49. The molecule has 0 saturated carbocycles. The van der Waals surface area contributed by atoms with Gasteiger partial charge in [0.2, 0.25) is 0 Å². The van der Waals surface area contributed by atoms with Crippen LogP contribution in [-0.4, -0.2) is 10.5 Å². The van der Waals surface area contributed by atoms with E-state index in [-0.39, 0.29) is 5.57 Å². The maximum absolute atomic E-state index is 13.1. The lowest BCUT2D eigenvalue weighted by Gasteiger charge is -2.09. The first kappa shape index (κ1) is 22.7. The molecule has 0 unspecified atom stereocenters. The average Bonchev–Trinajstić information content (AvgIpc) is 3.39. The van der Waals surface area contributed by atoms with E-state index in [4.69, 9.17) is 0 Å². The molecule has 5 nitrogen and oxygen atoms in total. The molecule has 0 saturated heterocycles. The summed E-state index contributed by atoms with van der Waals surface area (Å²) in [5.41, 5.74) is 5.85. The van der Waals surface area contributed by atoms with Crippen LogP contribution in [0.5, 0.6) is 0 Å². The van der Waals surface area contributed by atoms with Gasteiger partial charge in [-0.3, -0.25) is 4.79 Å². The number of aromatic nitrogens is 1. The molecule has 0 aliphatic heterocycles. The van der Waals surface area contributed by atoms with Gasteiger partial charge in [-0.2, -0.15) is 10.5 Å². The van der Waals surface area contributed by atoms with E-state index in [1.54, 1.807) is 6.08 Å². The molecule has 35 heavy (non-hydrogen) atoms. The first-order chi connectivity index (χ1) is 17.1. The van der Waals surface area contributed by atoms with Crippen molar-refractivity contribution in [2.45, 2.75) is 39.2 Å². The second-order valence-electron chi connectivity index (χ2n) is 8.87. The first-order valence-electron chi connectivity index (χ1n) is 11.7. The van der Waals surface area contributed by atoms with Crippen molar-refractivity contribution in [3.8, 4) is 12.1 Å². The van der Waals surface area contributed by atoms with E-state index < -0.39 is 5.91 Å². The molecule has 2 aromatic carbocycles. The van der Waals surface area contributed by atoms with Crippen molar-refractivity contribution in [3.05, 3.63) is 93.0 Å². The molecule has 0 spiro atoms. The van der Waals surface area contributed by atoms with Crippen molar-refractivity contribution in [2.24, 2.45) is 0 Å². The number of fused-ring (bicyclic) bond motifs is 2. The molecule has 5 rings (SSSR count). The number of anilines is 1. The van der Waals surface area contributed by atoms with E-state index in [0.717, 1.165) is 47.7 Å². The molecule has 0 fully saturated rings. The smallest absolute Gasteiger partial charge is 0.266 e. The quantitative estimate of drug-likeness (QED) is 0.269. The standard InChI is InChI=1S/C29H24N4OS/c1-19-7-6-8-20(13-19)17-33-18-22(23-9-2-4-11-26(23)33)14-21(15-30)28(34)32-29-25(16-31)24-10-3-5-12-27(24)35-29/h2,4,6-9,11,13-14,18H,3,5,10,12,17H2,1H3,(H,32,34). The Bertz CT molecular complexity index is 1560. The van der Waals surface area contributed by atoms with Crippen LogP contribution < -0.4 is 5.32 Å². The summed E-state index contributed by atoms with van der Waals surface area (Å²) in [7, 11) is 0. The van der Waals surface area contributed by atoms with Crippen LogP contribution in [0.1, 0.15) is 45.5 Å². The molecule has 1 aliphatic rings. The molecule has 0 atom stereocenters. The summed E-state index contributed by atoms with van der Waals surface area (Å²) in [5.74, 6) is -0.488. The van der Waals surface area contributed by atoms with Crippen molar-refractivity contribution in [3.63, 3.8) is 0 Å². The van der Waals surface area contributed by atoms with Gasteiger partial charge in [0.25, 0.3) is 5.91 Å². The molecule has 0 bridgehead atoms. The summed E-state index contributed by atoms with van der Waals surface area (Å²) in [6.07, 6.45) is 7.59. The fourth-order valence-corrected chi connectivity index (χ4v) is 6.01. The van der Waals surface area contributed by atoms with Gasteiger partial charge < -0.3 is 9.88 Å². The van der Waals surface area contributed by atoms with Crippen LogP contribution in [0.2, 0.25) is 0 Å². The van der Waals surface area contributed by atoms with Gasteiger partial charge in [-0.05, 0) is 55.9 Å². The Kier molecular flexibility index (Phi) is 6.23. The molecule has 2 aromatic heterocycles. The third-order valence-electron chi connectivity index (χ3n) is 6.43. The molecule has 4 aromatic rings. The van der Waals surface area contributed by atoms with Crippen molar-refractivity contribution in [2.75, 3.05) is 5.32 Å². The number of rotatable bonds is 5. The maximum Gasteiger partial charge on any atom is 0.266 e. The normalized spacial score (nSPS) is 13.2. The monoisotopic (exact) mass is 476 g/mol. The van der Waals surface area contributed by atoms with Crippen LogP contribution in [0.3, 0.4) is 0 Å². The first-order valence-corrected chi connectivity index (χ1v) is 12.5. The van der Waals surface area contributed by atoms with E-state index in [2.05, 4.69) is 47.1 Å². The van der Waals surface area contributed by atoms with Crippen molar-refractivity contribution in [1.82, 2.24) is 4.57 Å². The number of para-hydroxylation sites is 1. The maximum atomic E-state index is 13.1. The van der Waals surface area contributed by atoms with Gasteiger partial charge in [0.05, 0.1) is 5.56 Å². The predicted molar refractivity (Wildman–Crippen MR) is 140 cm³/mol. The fraction of sp³-hybridized carbons (Fsp3) is 0.207. The fourth-order valence-electron chi connectivity index (χ4n) is 4.77. The summed E-state index contributed by atoms with van der Waals surface area (Å²) >= 11 is 1.46. The summed E-state index contributed by atoms with van der Waals surface area (Å²) in [6.45, 7) is 2.77. The molecule has 6 heteroatoms. The molecular weight excluding hydrogens is 452 g/mol. The Labute approximate surface area is 208 Å². The lowest BCUT2D eigenvalue weighted by Crippen LogP contribution is -2.13. The number of carbonyl (C=O) groups excluding carboxylic acids is 1. The van der Waals surface area contributed by atoms with E-state index in [9.17, 15) is 15.3 Å². The van der Waals surface area contributed by atoms with Crippen LogP contribution >= 0.6 is 11.3 Å². The zero-order valence-corrected chi connectivity index (χ0v) is 20.3. The summed E-state index contributed by atoms with van der Waals surface area (Å²) in [4.78, 5) is 14.3. The molecule has 2 heterocycles. The number of thiophene rings is 1. The lowest BCUT2D eigenvalue weighted by molar-refractivity contribution is -0.112. The molecule has 1 amide bonds. The minimum atomic E-state index is -0.488. The molecule has 1 N–H and O–H groups in total. The van der Waals surface area contributed by atoms with Gasteiger partial charge in [-0.15, -0.1) is 11.3 Å². The largest absolute Gasteiger partial charge is 0.342 e. The van der Waals surface area contributed by atoms with Gasteiger partial charge >= 0.3 is 0 Å². The van der Waals surface area contributed by atoms with Gasteiger partial charge in [0.1, 0.15) is 22.7 Å². The Morgan fingerprint density at radius 2 is 1.97 bits per heavy atom. The Balaban J connectivity index is 1.47. The SMILES string of the molecule is Cc1cccc(Cn2cc(C=C(C#N)C(=O)Nc3sc4c(c3C#N)CCCC4)c3ccccc32)c1. The lowest BCUT2D eigenvalue weighted by atomic mass is 9.96. The van der Waals surface area contributed by atoms with E-state index in [1.807, 2.05) is 36.5 Å². The predicted octanol–water partition coefficient (Wildman–Crippen LogP) is 6.36. The number of amides is 1. The van der Waals surface area contributed by atoms with Crippen LogP contribution in [-0.2, 0) is 24.2 Å². The summed E-state index contributed by atoms with van der Waals surface area (Å²) in [5, 5.41) is 23.9. The minimum Gasteiger partial charge on any atom is -0.342 e. The van der Waals surface area contributed by atoms with Gasteiger partial charge in [0.15, 0.2) is 0 Å². The number of hydrogen-bond donors (Lipinski definition) is 1. The minimum absolute atomic E-state index is 0.0127. The number of nitrogens with one attached hydrogen (secondary N) is 1. The average molecular weight is 477 g/mol. The summed E-state index contributed by atoms with van der Waals surface area (Å²) in [6, 6.07) is 20.7. The van der Waals surface area contributed by atoms with Crippen LogP contribution in [0.4, 0.5) is 5.00 Å². The zero-order chi connectivity index (χ0) is 24.4. The molecule has 172 valence electrons. The molecular formula is C29H24N4OS. The summed E-state index contributed by atoms with van der Waals surface area (Å²) < 4.78 is 2.14. The van der Waals surface area contributed by atoms with E-state index in [0.29, 0.717) is 17.1 Å². The number of hydrogen-bond acceptors (Lipinski definition) is 4. The topological polar surface area (TPSA) is 81.6 Å². The number of nitriles is 2. The van der Waals surface area contributed by atoms with Crippen molar-refractivity contribution in [1.29, 1.82) is 10.5 Å². The van der Waals surface area contributed by atoms with Gasteiger partial charge in [-0.25, -0.2) is 0 Å². The molecule has 1 aliphatic carbocycles. The van der Waals surface area contributed by atoms with Crippen molar-refractivity contribution < 1.29 is 4.79 Å². The van der Waals surface area contributed by atoms with E-state index >= 15 is 0 Å². The highest BCUT2D eigenvalue weighted by atomic mass is 32.1. The number of benzene rings is 2. The Morgan fingerprint density at radius 3 is 2.77 bits per heavy atom. The van der Waals surface area contributed by atoms with Crippen LogP contribution in [0, 0.1) is 29.6 Å².